The molecular formula is C14H15FN2O5S. The van der Waals surface area contributed by atoms with Crippen LogP contribution in [0.1, 0.15) is 17.0 Å². The number of nitrogens with zero attached hydrogens (tertiary/aromatic N) is 1. The Morgan fingerprint density at radius 2 is 2.13 bits per heavy atom. The third kappa shape index (κ3) is 4.36. The van der Waals surface area contributed by atoms with Gasteiger partial charge < -0.3 is 9.26 Å². The van der Waals surface area contributed by atoms with Crippen LogP contribution in [0, 0.1) is 19.7 Å². The van der Waals surface area contributed by atoms with E-state index >= 15 is 0 Å². The van der Waals surface area contributed by atoms with Gasteiger partial charge in [0.05, 0.1) is 0 Å². The highest BCUT2D eigenvalue weighted by molar-refractivity contribution is 7.89. The Hall–Kier alpha value is -2.26. The fourth-order valence-corrected chi connectivity index (χ4v) is 3.22. The second-order valence-corrected chi connectivity index (χ2v) is 6.47. The molecule has 0 unspecified atom stereocenters. The van der Waals surface area contributed by atoms with Crippen LogP contribution in [0.2, 0.25) is 0 Å². The molecule has 2 rings (SSSR count). The molecule has 0 amide bonds. The molecule has 0 radical (unpaired) electrons. The van der Waals surface area contributed by atoms with Gasteiger partial charge in [0.15, 0.2) is 5.76 Å². The molecule has 0 aliphatic rings. The van der Waals surface area contributed by atoms with Gasteiger partial charge in [-0.05, 0) is 31.5 Å². The molecule has 0 aliphatic carbocycles. The SMILES string of the molecule is Cc1noc(C)c1S(=O)(=O)NCC(=O)OCc1cccc(F)c1. The zero-order valence-corrected chi connectivity index (χ0v) is 13.3. The van der Waals surface area contributed by atoms with Crippen LogP contribution in [0.3, 0.4) is 0 Å². The number of aromatic nitrogens is 1. The average molecular weight is 342 g/mol. The molecule has 0 saturated carbocycles. The maximum atomic E-state index is 13.0. The Morgan fingerprint density at radius 3 is 2.74 bits per heavy atom. The quantitative estimate of drug-likeness (QED) is 0.798. The maximum Gasteiger partial charge on any atom is 0.321 e. The molecule has 0 fully saturated rings. The summed E-state index contributed by atoms with van der Waals surface area (Å²) in [6.45, 7) is 2.23. The van der Waals surface area contributed by atoms with Gasteiger partial charge in [-0.25, -0.2) is 12.8 Å². The summed E-state index contributed by atoms with van der Waals surface area (Å²) >= 11 is 0. The lowest BCUT2D eigenvalue weighted by molar-refractivity contribution is -0.143. The van der Waals surface area contributed by atoms with Gasteiger partial charge in [-0.15, -0.1) is 0 Å². The van der Waals surface area contributed by atoms with E-state index in [1.54, 1.807) is 6.07 Å². The molecule has 0 bridgehead atoms. The Labute approximate surface area is 132 Å². The average Bonchev–Trinajstić information content (AvgIpc) is 2.83. The van der Waals surface area contributed by atoms with E-state index in [-0.39, 0.29) is 23.0 Å². The topological polar surface area (TPSA) is 98.5 Å². The lowest BCUT2D eigenvalue weighted by atomic mass is 10.2. The number of hydrogen-bond donors (Lipinski definition) is 1. The van der Waals surface area contributed by atoms with Crippen LogP contribution in [0.5, 0.6) is 0 Å². The van der Waals surface area contributed by atoms with Crippen molar-refractivity contribution in [2.24, 2.45) is 0 Å². The van der Waals surface area contributed by atoms with Crippen molar-refractivity contribution in [2.75, 3.05) is 6.54 Å². The Kier molecular flexibility index (Phi) is 5.12. The van der Waals surface area contributed by atoms with Crippen LogP contribution in [0.25, 0.3) is 0 Å². The van der Waals surface area contributed by atoms with Crippen LogP contribution >= 0.6 is 0 Å². The summed E-state index contributed by atoms with van der Waals surface area (Å²) in [7, 11) is -3.93. The standard InChI is InChI=1S/C14H15FN2O5S/c1-9-14(10(2)22-17-9)23(19,20)16-7-13(18)21-8-11-4-3-5-12(15)6-11/h3-6,16H,7-8H2,1-2H3. The van der Waals surface area contributed by atoms with E-state index in [4.69, 9.17) is 9.26 Å². The van der Waals surface area contributed by atoms with E-state index in [0.29, 0.717) is 5.56 Å². The highest BCUT2D eigenvalue weighted by Gasteiger charge is 2.24. The lowest BCUT2D eigenvalue weighted by Crippen LogP contribution is -2.31. The molecule has 0 spiro atoms. The van der Waals surface area contributed by atoms with Gasteiger partial charge in [0.1, 0.15) is 29.6 Å². The summed E-state index contributed by atoms with van der Waals surface area (Å²) in [6.07, 6.45) is 0. The van der Waals surface area contributed by atoms with Crippen molar-refractivity contribution >= 4 is 16.0 Å². The van der Waals surface area contributed by atoms with Crippen molar-refractivity contribution in [3.8, 4) is 0 Å². The molecule has 0 saturated heterocycles. The number of aryl methyl sites for hydroxylation is 2. The first kappa shape index (κ1) is 17.1. The molecule has 7 nitrogen and oxygen atoms in total. The zero-order valence-electron chi connectivity index (χ0n) is 12.5. The fraction of sp³-hybridized carbons (Fsp3) is 0.286. The van der Waals surface area contributed by atoms with Crippen LogP contribution < -0.4 is 4.72 Å². The van der Waals surface area contributed by atoms with E-state index in [1.807, 2.05) is 0 Å². The molecule has 0 aliphatic heterocycles. The summed E-state index contributed by atoms with van der Waals surface area (Å²) in [5.74, 6) is -1.11. The Morgan fingerprint density at radius 1 is 1.39 bits per heavy atom. The summed E-state index contributed by atoms with van der Waals surface area (Å²) in [4.78, 5) is 11.5. The number of carbonyl (C=O) groups is 1. The molecule has 9 heteroatoms. The second kappa shape index (κ2) is 6.88. The highest BCUT2D eigenvalue weighted by Crippen LogP contribution is 2.18. The van der Waals surface area contributed by atoms with E-state index in [9.17, 15) is 17.6 Å². The molecular weight excluding hydrogens is 327 g/mol. The molecule has 1 N–H and O–H groups in total. The van der Waals surface area contributed by atoms with Crippen molar-refractivity contribution in [2.45, 2.75) is 25.3 Å². The first-order chi connectivity index (χ1) is 10.8. The van der Waals surface area contributed by atoms with E-state index < -0.39 is 28.4 Å². The zero-order chi connectivity index (χ0) is 17.0. The van der Waals surface area contributed by atoms with Crippen LogP contribution in [-0.2, 0) is 26.2 Å². The number of nitrogens with one attached hydrogen (secondary N) is 1. The summed E-state index contributed by atoms with van der Waals surface area (Å²) in [6, 6.07) is 5.56. The normalized spacial score (nSPS) is 11.4. The minimum Gasteiger partial charge on any atom is -0.460 e. The summed E-state index contributed by atoms with van der Waals surface area (Å²) in [5.41, 5.74) is 0.662. The highest BCUT2D eigenvalue weighted by atomic mass is 32.2. The molecule has 1 heterocycles. The van der Waals surface area contributed by atoms with Gasteiger partial charge in [-0.1, -0.05) is 17.3 Å². The van der Waals surface area contributed by atoms with Crippen molar-refractivity contribution in [1.29, 1.82) is 0 Å². The fourth-order valence-electron chi connectivity index (χ4n) is 1.93. The van der Waals surface area contributed by atoms with Crippen molar-refractivity contribution in [1.82, 2.24) is 9.88 Å². The number of halogens is 1. The third-order valence-electron chi connectivity index (χ3n) is 2.93. The molecule has 23 heavy (non-hydrogen) atoms. The van der Waals surface area contributed by atoms with Crippen LogP contribution in [0.15, 0.2) is 33.7 Å². The van der Waals surface area contributed by atoms with Gasteiger partial charge in [0.2, 0.25) is 10.0 Å². The Bertz CT molecular complexity index is 797. The summed E-state index contributed by atoms with van der Waals surface area (Å²) in [5, 5.41) is 3.55. The minimum atomic E-state index is -3.93. The second-order valence-electron chi connectivity index (χ2n) is 4.77. The number of benzene rings is 1. The van der Waals surface area contributed by atoms with Gasteiger partial charge in [0.25, 0.3) is 0 Å². The molecule has 0 atom stereocenters. The first-order valence-electron chi connectivity index (χ1n) is 6.62. The summed E-state index contributed by atoms with van der Waals surface area (Å²) < 4.78 is 48.9. The predicted octanol–water partition coefficient (Wildman–Crippen LogP) is 1.45. The number of sulfonamides is 1. The Balaban J connectivity index is 1.91. The van der Waals surface area contributed by atoms with Crippen LogP contribution in [-0.4, -0.2) is 26.1 Å². The number of rotatable bonds is 6. The minimum absolute atomic E-state index is 0.101. The molecule has 1 aromatic heterocycles. The number of ether oxygens (including phenoxy) is 1. The van der Waals surface area contributed by atoms with E-state index in [0.717, 1.165) is 0 Å². The molecule has 2 aromatic rings. The van der Waals surface area contributed by atoms with Gasteiger partial charge in [-0.3, -0.25) is 4.79 Å². The lowest BCUT2D eigenvalue weighted by Gasteiger charge is -2.07. The van der Waals surface area contributed by atoms with Crippen molar-refractivity contribution in [3.05, 3.63) is 47.1 Å². The monoisotopic (exact) mass is 342 g/mol. The third-order valence-corrected chi connectivity index (χ3v) is 4.58. The van der Waals surface area contributed by atoms with Crippen LogP contribution in [0.4, 0.5) is 4.39 Å². The number of carbonyl (C=O) groups excluding carboxylic acids is 1. The largest absolute Gasteiger partial charge is 0.460 e. The van der Waals surface area contributed by atoms with E-state index in [1.165, 1.54) is 32.0 Å². The van der Waals surface area contributed by atoms with E-state index in [2.05, 4.69) is 9.88 Å². The van der Waals surface area contributed by atoms with Gasteiger partial charge in [0, 0.05) is 0 Å². The van der Waals surface area contributed by atoms with Gasteiger partial charge >= 0.3 is 5.97 Å². The number of esters is 1. The van der Waals surface area contributed by atoms with Crippen molar-refractivity contribution in [3.63, 3.8) is 0 Å². The van der Waals surface area contributed by atoms with Gasteiger partial charge in [-0.2, -0.15) is 4.72 Å². The first-order valence-corrected chi connectivity index (χ1v) is 8.10. The molecule has 1 aromatic carbocycles. The molecule has 124 valence electrons. The van der Waals surface area contributed by atoms with Crippen molar-refractivity contribution < 1.29 is 26.9 Å². The smallest absolute Gasteiger partial charge is 0.321 e. The maximum absolute atomic E-state index is 13.0. The number of hydrogen-bond acceptors (Lipinski definition) is 6. The predicted molar refractivity (Wildman–Crippen MR) is 77.4 cm³/mol.